The number of hydrogen-bond donors (Lipinski definition) is 1. The van der Waals surface area contributed by atoms with E-state index in [1.54, 1.807) is 18.9 Å². The average molecular weight is 314 g/mol. The lowest BCUT2D eigenvalue weighted by molar-refractivity contribution is -0.130. The van der Waals surface area contributed by atoms with Crippen LogP contribution in [0.1, 0.15) is 26.2 Å². The van der Waals surface area contributed by atoms with Gasteiger partial charge in [0, 0.05) is 59.5 Å². The molecule has 7 heteroatoms. The Balaban J connectivity index is 2.29. The molecule has 0 aromatic heterocycles. The van der Waals surface area contributed by atoms with Crippen LogP contribution >= 0.6 is 12.2 Å². The van der Waals surface area contributed by atoms with Crippen molar-refractivity contribution in [1.82, 2.24) is 14.7 Å². The van der Waals surface area contributed by atoms with Crippen LogP contribution in [-0.4, -0.2) is 77.8 Å². The molecule has 0 bridgehead atoms. The van der Waals surface area contributed by atoms with Crippen LogP contribution in [-0.2, 0) is 9.59 Å². The number of rotatable bonds is 6. The first-order valence-corrected chi connectivity index (χ1v) is 7.81. The quantitative estimate of drug-likeness (QED) is 0.702. The highest BCUT2D eigenvalue weighted by molar-refractivity contribution is 7.80. The molecule has 2 amide bonds. The van der Waals surface area contributed by atoms with Gasteiger partial charge < -0.3 is 20.4 Å². The highest BCUT2D eigenvalue weighted by atomic mass is 32.1. The van der Waals surface area contributed by atoms with E-state index >= 15 is 0 Å². The van der Waals surface area contributed by atoms with Crippen LogP contribution in [0.15, 0.2) is 0 Å². The Morgan fingerprint density at radius 3 is 2.52 bits per heavy atom. The Morgan fingerprint density at radius 2 is 1.90 bits per heavy atom. The molecule has 2 N–H and O–H groups in total. The fourth-order valence-electron chi connectivity index (χ4n) is 2.36. The molecular weight excluding hydrogens is 288 g/mol. The smallest absolute Gasteiger partial charge is 0.223 e. The second-order valence-electron chi connectivity index (χ2n) is 5.48. The molecule has 120 valence electrons. The van der Waals surface area contributed by atoms with Crippen molar-refractivity contribution < 1.29 is 9.59 Å². The van der Waals surface area contributed by atoms with E-state index in [1.165, 1.54) is 0 Å². The van der Waals surface area contributed by atoms with E-state index in [0.717, 1.165) is 39.1 Å². The van der Waals surface area contributed by atoms with Crippen molar-refractivity contribution in [3.8, 4) is 0 Å². The number of hydrogen-bond acceptors (Lipinski definition) is 4. The maximum atomic E-state index is 12.0. The Kier molecular flexibility index (Phi) is 7.60. The summed E-state index contributed by atoms with van der Waals surface area (Å²) in [7, 11) is 1.78. The van der Waals surface area contributed by atoms with E-state index in [4.69, 9.17) is 18.0 Å². The number of thiocarbonyl (C=S) groups is 1. The van der Waals surface area contributed by atoms with E-state index in [2.05, 4.69) is 4.90 Å². The van der Waals surface area contributed by atoms with Gasteiger partial charge in [-0.1, -0.05) is 12.2 Å². The fourth-order valence-corrected chi connectivity index (χ4v) is 2.45. The first-order chi connectivity index (χ1) is 9.90. The highest BCUT2D eigenvalue weighted by Gasteiger charge is 2.17. The standard InChI is InChI=1S/C14H26N4O2S/c1-12(19)18-7-3-6-17(10-11-18)9-5-14(20)16(2)8-4-13(15)21/h3-11H2,1-2H3,(H2,15,21). The van der Waals surface area contributed by atoms with Gasteiger partial charge in [-0.25, -0.2) is 0 Å². The number of nitrogens with two attached hydrogens (primary N) is 1. The lowest BCUT2D eigenvalue weighted by Crippen LogP contribution is -2.36. The zero-order chi connectivity index (χ0) is 15.8. The van der Waals surface area contributed by atoms with Gasteiger partial charge in [0.1, 0.15) is 0 Å². The fraction of sp³-hybridized carbons (Fsp3) is 0.786. The molecule has 1 fully saturated rings. The summed E-state index contributed by atoms with van der Waals surface area (Å²) in [5.41, 5.74) is 5.44. The first kappa shape index (κ1) is 17.8. The van der Waals surface area contributed by atoms with Gasteiger partial charge in [-0.05, 0) is 13.0 Å². The average Bonchev–Trinajstić information content (AvgIpc) is 2.67. The molecule has 1 aliphatic heterocycles. The van der Waals surface area contributed by atoms with Gasteiger partial charge in [0.25, 0.3) is 0 Å². The van der Waals surface area contributed by atoms with Gasteiger partial charge in [0.2, 0.25) is 11.8 Å². The molecule has 1 saturated heterocycles. The summed E-state index contributed by atoms with van der Waals surface area (Å²) >= 11 is 4.81. The number of carbonyl (C=O) groups excluding carboxylic acids is 2. The van der Waals surface area contributed by atoms with Crippen LogP contribution in [0.25, 0.3) is 0 Å². The van der Waals surface area contributed by atoms with Crippen molar-refractivity contribution >= 4 is 29.0 Å². The predicted octanol–water partition coefficient (Wildman–Crippen LogP) is 0.0653. The summed E-state index contributed by atoms with van der Waals surface area (Å²) in [6.07, 6.45) is 2.02. The van der Waals surface area contributed by atoms with Crippen molar-refractivity contribution in [3.05, 3.63) is 0 Å². The first-order valence-electron chi connectivity index (χ1n) is 7.40. The molecule has 0 aromatic carbocycles. The van der Waals surface area contributed by atoms with Crippen LogP contribution < -0.4 is 5.73 Å². The van der Waals surface area contributed by atoms with E-state index in [1.807, 2.05) is 4.90 Å². The molecule has 0 aliphatic carbocycles. The van der Waals surface area contributed by atoms with E-state index in [-0.39, 0.29) is 11.8 Å². The Morgan fingerprint density at radius 1 is 1.19 bits per heavy atom. The summed E-state index contributed by atoms with van der Waals surface area (Å²) in [5.74, 6) is 0.240. The molecule has 0 unspecified atom stereocenters. The highest BCUT2D eigenvalue weighted by Crippen LogP contribution is 2.05. The molecule has 0 spiro atoms. The Hall–Kier alpha value is -1.21. The molecular formula is C14H26N4O2S. The van der Waals surface area contributed by atoms with Crippen molar-refractivity contribution in [2.45, 2.75) is 26.2 Å². The SMILES string of the molecule is CC(=O)N1CCCN(CCC(=O)N(C)CCC(N)=S)CC1. The van der Waals surface area contributed by atoms with Crippen molar-refractivity contribution in [1.29, 1.82) is 0 Å². The van der Waals surface area contributed by atoms with E-state index in [9.17, 15) is 9.59 Å². The number of amides is 2. The van der Waals surface area contributed by atoms with Gasteiger partial charge in [-0.15, -0.1) is 0 Å². The lowest BCUT2D eigenvalue weighted by Gasteiger charge is -2.22. The van der Waals surface area contributed by atoms with Gasteiger partial charge in [0.15, 0.2) is 0 Å². The molecule has 0 radical (unpaired) electrons. The second-order valence-corrected chi connectivity index (χ2v) is 6.01. The van der Waals surface area contributed by atoms with Crippen molar-refractivity contribution in [2.75, 3.05) is 46.3 Å². The normalized spacial score (nSPS) is 16.4. The maximum absolute atomic E-state index is 12.0. The minimum absolute atomic E-state index is 0.110. The molecule has 1 aliphatic rings. The minimum atomic E-state index is 0.110. The third-order valence-electron chi connectivity index (χ3n) is 3.80. The lowest BCUT2D eigenvalue weighted by atomic mass is 10.3. The molecule has 21 heavy (non-hydrogen) atoms. The summed E-state index contributed by atoms with van der Waals surface area (Å²) in [5, 5.41) is 0. The Labute approximate surface area is 132 Å². The van der Waals surface area contributed by atoms with Gasteiger partial charge >= 0.3 is 0 Å². The van der Waals surface area contributed by atoms with E-state index in [0.29, 0.717) is 24.4 Å². The van der Waals surface area contributed by atoms with E-state index < -0.39 is 0 Å². The number of carbonyl (C=O) groups is 2. The molecule has 0 atom stereocenters. The second kappa shape index (κ2) is 8.94. The minimum Gasteiger partial charge on any atom is -0.393 e. The molecule has 6 nitrogen and oxygen atoms in total. The summed E-state index contributed by atoms with van der Waals surface area (Å²) in [4.78, 5) is 29.6. The summed E-state index contributed by atoms with van der Waals surface area (Å²) in [6.45, 7) is 6.26. The molecule has 1 rings (SSSR count). The molecule has 1 heterocycles. The maximum Gasteiger partial charge on any atom is 0.223 e. The monoisotopic (exact) mass is 314 g/mol. The van der Waals surface area contributed by atoms with Gasteiger partial charge in [-0.3, -0.25) is 9.59 Å². The zero-order valence-electron chi connectivity index (χ0n) is 13.0. The van der Waals surface area contributed by atoms with Crippen LogP contribution in [0.4, 0.5) is 0 Å². The molecule has 0 aromatic rings. The van der Waals surface area contributed by atoms with Crippen LogP contribution in [0.3, 0.4) is 0 Å². The third-order valence-corrected chi connectivity index (χ3v) is 4.00. The van der Waals surface area contributed by atoms with Crippen LogP contribution in [0.2, 0.25) is 0 Å². The third kappa shape index (κ3) is 6.86. The van der Waals surface area contributed by atoms with Gasteiger partial charge in [0.05, 0.1) is 4.99 Å². The van der Waals surface area contributed by atoms with Gasteiger partial charge in [-0.2, -0.15) is 0 Å². The topological polar surface area (TPSA) is 69.9 Å². The van der Waals surface area contributed by atoms with Crippen LogP contribution in [0, 0.1) is 0 Å². The predicted molar refractivity (Wildman–Crippen MR) is 87.0 cm³/mol. The summed E-state index contributed by atoms with van der Waals surface area (Å²) < 4.78 is 0. The van der Waals surface area contributed by atoms with Crippen molar-refractivity contribution in [2.24, 2.45) is 5.73 Å². The molecule has 0 saturated carbocycles. The largest absolute Gasteiger partial charge is 0.393 e. The Bertz CT molecular complexity index is 389. The van der Waals surface area contributed by atoms with Crippen molar-refractivity contribution in [3.63, 3.8) is 0 Å². The number of nitrogens with zero attached hydrogens (tertiary/aromatic N) is 3. The summed E-state index contributed by atoms with van der Waals surface area (Å²) in [6, 6.07) is 0. The zero-order valence-corrected chi connectivity index (χ0v) is 13.8. The van der Waals surface area contributed by atoms with Crippen LogP contribution in [0.5, 0.6) is 0 Å².